The number of aryl methyl sites for hydroxylation is 1. The molecule has 0 amide bonds. The number of rotatable bonds is 4. The lowest BCUT2D eigenvalue weighted by molar-refractivity contribution is -0.137. The number of carboxylic acids is 1. The van der Waals surface area contributed by atoms with Crippen LogP contribution >= 0.6 is 0 Å². The fraction of sp³-hybridized carbons (Fsp3) is 0.562. The Labute approximate surface area is 110 Å². The quantitative estimate of drug-likeness (QED) is 0.876. The Morgan fingerprint density at radius 1 is 1.33 bits per heavy atom. The van der Waals surface area contributed by atoms with Crippen LogP contribution in [0.4, 0.5) is 0 Å². The van der Waals surface area contributed by atoms with Gasteiger partial charge in [-0.2, -0.15) is 0 Å². The Morgan fingerprint density at radius 3 is 2.44 bits per heavy atom. The lowest BCUT2D eigenvalue weighted by atomic mass is 9.84. The maximum absolute atomic E-state index is 10.7. The zero-order valence-electron chi connectivity index (χ0n) is 12.1. The van der Waals surface area contributed by atoms with E-state index in [1.165, 1.54) is 16.7 Å². The SMILES string of the molecule is Cc1ccc(C(C)(C)C)cc1CC(C)CC(=O)O. The lowest BCUT2D eigenvalue weighted by Gasteiger charge is -2.21. The lowest BCUT2D eigenvalue weighted by Crippen LogP contribution is -2.13. The van der Waals surface area contributed by atoms with Crippen molar-refractivity contribution in [2.24, 2.45) is 5.92 Å². The van der Waals surface area contributed by atoms with Crippen molar-refractivity contribution in [2.75, 3.05) is 0 Å². The molecule has 2 heteroatoms. The molecule has 1 N–H and O–H groups in total. The fourth-order valence-electron chi connectivity index (χ4n) is 2.10. The summed E-state index contributed by atoms with van der Waals surface area (Å²) in [7, 11) is 0. The van der Waals surface area contributed by atoms with E-state index in [4.69, 9.17) is 5.11 Å². The Hall–Kier alpha value is -1.31. The summed E-state index contributed by atoms with van der Waals surface area (Å²) in [4.78, 5) is 10.7. The third-order valence-corrected chi connectivity index (χ3v) is 3.31. The molecule has 1 aromatic carbocycles. The van der Waals surface area contributed by atoms with Crippen LogP contribution in [0.2, 0.25) is 0 Å². The van der Waals surface area contributed by atoms with Crippen molar-refractivity contribution in [3.63, 3.8) is 0 Å². The van der Waals surface area contributed by atoms with Crippen molar-refractivity contribution < 1.29 is 9.90 Å². The Morgan fingerprint density at radius 2 is 1.94 bits per heavy atom. The molecule has 0 aromatic heterocycles. The molecular weight excluding hydrogens is 224 g/mol. The predicted octanol–water partition coefficient (Wildman–Crippen LogP) is 3.95. The highest BCUT2D eigenvalue weighted by Crippen LogP contribution is 2.26. The van der Waals surface area contributed by atoms with Gasteiger partial charge in [0.25, 0.3) is 0 Å². The van der Waals surface area contributed by atoms with Gasteiger partial charge in [-0.05, 0) is 41.4 Å². The van der Waals surface area contributed by atoms with Crippen LogP contribution in [0.3, 0.4) is 0 Å². The molecule has 0 aliphatic carbocycles. The maximum atomic E-state index is 10.7. The van der Waals surface area contributed by atoms with Crippen molar-refractivity contribution in [2.45, 2.75) is 52.9 Å². The highest BCUT2D eigenvalue weighted by Gasteiger charge is 2.16. The molecule has 0 aliphatic rings. The minimum Gasteiger partial charge on any atom is -0.481 e. The van der Waals surface area contributed by atoms with Crippen molar-refractivity contribution in [1.82, 2.24) is 0 Å². The molecular formula is C16H24O2. The van der Waals surface area contributed by atoms with Gasteiger partial charge in [-0.15, -0.1) is 0 Å². The van der Waals surface area contributed by atoms with Crippen LogP contribution < -0.4 is 0 Å². The first-order chi connectivity index (χ1) is 8.20. The third kappa shape index (κ3) is 4.17. The summed E-state index contributed by atoms with van der Waals surface area (Å²) in [6.07, 6.45) is 1.07. The van der Waals surface area contributed by atoms with Gasteiger partial charge in [0.15, 0.2) is 0 Å². The fourth-order valence-corrected chi connectivity index (χ4v) is 2.10. The number of aliphatic carboxylic acids is 1. The van der Waals surface area contributed by atoms with Crippen molar-refractivity contribution >= 4 is 5.97 Å². The second-order valence-corrected chi connectivity index (χ2v) is 6.30. The Kier molecular flexibility index (Phi) is 4.55. The van der Waals surface area contributed by atoms with Gasteiger partial charge in [0.05, 0.1) is 0 Å². The first kappa shape index (κ1) is 14.7. The van der Waals surface area contributed by atoms with Crippen LogP contribution in [-0.4, -0.2) is 11.1 Å². The van der Waals surface area contributed by atoms with Crippen molar-refractivity contribution in [3.05, 3.63) is 34.9 Å². The number of carboxylic acid groups (broad SMARTS) is 1. The molecule has 0 spiro atoms. The highest BCUT2D eigenvalue weighted by atomic mass is 16.4. The average molecular weight is 248 g/mol. The summed E-state index contributed by atoms with van der Waals surface area (Å²) in [5.74, 6) is -0.538. The van der Waals surface area contributed by atoms with Gasteiger partial charge in [-0.25, -0.2) is 0 Å². The summed E-state index contributed by atoms with van der Waals surface area (Å²) in [6, 6.07) is 6.54. The topological polar surface area (TPSA) is 37.3 Å². The number of hydrogen-bond donors (Lipinski definition) is 1. The Balaban J connectivity index is 2.91. The van der Waals surface area contributed by atoms with Crippen LogP contribution in [0.1, 0.15) is 50.8 Å². The van der Waals surface area contributed by atoms with Gasteiger partial charge in [-0.3, -0.25) is 4.79 Å². The zero-order valence-corrected chi connectivity index (χ0v) is 12.1. The van der Waals surface area contributed by atoms with E-state index >= 15 is 0 Å². The number of benzene rings is 1. The van der Waals surface area contributed by atoms with Crippen LogP contribution in [0.25, 0.3) is 0 Å². The van der Waals surface area contributed by atoms with E-state index in [2.05, 4.69) is 45.9 Å². The molecule has 0 saturated heterocycles. The molecule has 0 saturated carbocycles. The van der Waals surface area contributed by atoms with Crippen LogP contribution in [-0.2, 0) is 16.6 Å². The van der Waals surface area contributed by atoms with Gasteiger partial charge in [0, 0.05) is 6.42 Å². The minimum absolute atomic E-state index is 0.137. The smallest absolute Gasteiger partial charge is 0.303 e. The summed E-state index contributed by atoms with van der Waals surface area (Å²) in [6.45, 7) is 10.7. The van der Waals surface area contributed by atoms with E-state index < -0.39 is 5.97 Å². The van der Waals surface area contributed by atoms with E-state index in [9.17, 15) is 4.79 Å². The summed E-state index contributed by atoms with van der Waals surface area (Å²) in [5, 5.41) is 8.82. The molecule has 1 unspecified atom stereocenters. The van der Waals surface area contributed by atoms with Gasteiger partial charge in [-0.1, -0.05) is 45.9 Å². The standard InChI is InChI=1S/C16H24O2/c1-11(9-15(17)18)8-13-10-14(16(3,4)5)7-6-12(13)2/h6-7,10-11H,8-9H2,1-5H3,(H,17,18). The molecule has 1 rings (SSSR count). The van der Waals surface area contributed by atoms with E-state index in [-0.39, 0.29) is 17.8 Å². The molecule has 0 aliphatic heterocycles. The van der Waals surface area contributed by atoms with Crippen molar-refractivity contribution in [1.29, 1.82) is 0 Å². The zero-order chi connectivity index (χ0) is 13.9. The molecule has 100 valence electrons. The second-order valence-electron chi connectivity index (χ2n) is 6.30. The summed E-state index contributed by atoms with van der Waals surface area (Å²) < 4.78 is 0. The third-order valence-electron chi connectivity index (χ3n) is 3.31. The highest BCUT2D eigenvalue weighted by molar-refractivity contribution is 5.67. The van der Waals surface area contributed by atoms with Crippen molar-refractivity contribution in [3.8, 4) is 0 Å². The van der Waals surface area contributed by atoms with Gasteiger partial charge in [0.1, 0.15) is 0 Å². The van der Waals surface area contributed by atoms with Crippen LogP contribution in [0.5, 0.6) is 0 Å². The first-order valence-corrected chi connectivity index (χ1v) is 6.52. The van der Waals surface area contributed by atoms with Crippen LogP contribution in [0.15, 0.2) is 18.2 Å². The minimum atomic E-state index is -0.716. The maximum Gasteiger partial charge on any atom is 0.303 e. The van der Waals surface area contributed by atoms with Gasteiger partial charge >= 0.3 is 5.97 Å². The van der Waals surface area contributed by atoms with Gasteiger partial charge < -0.3 is 5.11 Å². The van der Waals surface area contributed by atoms with E-state index in [1.54, 1.807) is 0 Å². The number of carbonyl (C=O) groups is 1. The second kappa shape index (κ2) is 5.55. The number of hydrogen-bond acceptors (Lipinski definition) is 1. The van der Waals surface area contributed by atoms with E-state index in [1.807, 2.05) is 6.92 Å². The molecule has 0 fully saturated rings. The largest absolute Gasteiger partial charge is 0.481 e. The van der Waals surface area contributed by atoms with Gasteiger partial charge in [0.2, 0.25) is 0 Å². The molecule has 1 atom stereocenters. The predicted molar refractivity (Wildman–Crippen MR) is 75.0 cm³/mol. The summed E-state index contributed by atoms with van der Waals surface area (Å²) >= 11 is 0. The molecule has 1 aromatic rings. The average Bonchev–Trinajstić information content (AvgIpc) is 2.18. The molecule has 0 bridgehead atoms. The molecule has 2 nitrogen and oxygen atoms in total. The molecule has 0 heterocycles. The van der Waals surface area contributed by atoms with E-state index in [0.29, 0.717) is 0 Å². The first-order valence-electron chi connectivity index (χ1n) is 6.52. The molecule has 18 heavy (non-hydrogen) atoms. The van der Waals surface area contributed by atoms with E-state index in [0.717, 1.165) is 6.42 Å². The Bertz CT molecular complexity index is 427. The summed E-state index contributed by atoms with van der Waals surface area (Å²) in [5.41, 5.74) is 3.97. The normalized spacial score (nSPS) is 13.4. The molecule has 0 radical (unpaired) electrons. The van der Waals surface area contributed by atoms with Crippen LogP contribution in [0, 0.1) is 12.8 Å². The monoisotopic (exact) mass is 248 g/mol.